The van der Waals surface area contributed by atoms with E-state index >= 15 is 0 Å². The molecule has 0 atom stereocenters. The van der Waals surface area contributed by atoms with Crippen molar-refractivity contribution < 1.29 is 9.90 Å². The van der Waals surface area contributed by atoms with Gasteiger partial charge in [-0.15, -0.1) is 5.10 Å². The topological polar surface area (TPSA) is 78.4 Å². The highest BCUT2D eigenvalue weighted by molar-refractivity contribution is 5.94. The third-order valence-electron chi connectivity index (χ3n) is 4.06. The third kappa shape index (κ3) is 3.25. The normalized spacial score (nSPS) is 17.1. The maximum atomic E-state index is 11.4. The molecule has 0 aromatic carbocycles. The lowest BCUT2D eigenvalue weighted by Gasteiger charge is -2.29. The smallest absolute Gasteiger partial charge is 0.339 e. The summed E-state index contributed by atoms with van der Waals surface area (Å²) in [5, 5.41) is 20.5. The second kappa shape index (κ2) is 6.17. The Morgan fingerprint density at radius 3 is 2.60 bits per heavy atom. The van der Waals surface area contributed by atoms with Gasteiger partial charge in [0.1, 0.15) is 5.56 Å². The highest BCUT2D eigenvalue weighted by atomic mass is 16.4. The summed E-state index contributed by atoms with van der Waals surface area (Å²) in [6, 6.07) is 0. The SMILES string of the molecule is Cc1nnc(NCC2CCN(C)CC2)c(C(=O)O)c1C. The van der Waals surface area contributed by atoms with Crippen molar-refractivity contribution in [2.24, 2.45) is 5.92 Å². The molecule has 0 spiro atoms. The first-order valence-electron chi connectivity index (χ1n) is 6.98. The minimum Gasteiger partial charge on any atom is -0.478 e. The van der Waals surface area contributed by atoms with Gasteiger partial charge in [-0.2, -0.15) is 5.10 Å². The number of hydrogen-bond acceptors (Lipinski definition) is 5. The lowest BCUT2D eigenvalue weighted by atomic mass is 9.97. The van der Waals surface area contributed by atoms with Gasteiger partial charge in [-0.1, -0.05) is 0 Å². The largest absolute Gasteiger partial charge is 0.478 e. The highest BCUT2D eigenvalue weighted by Gasteiger charge is 2.20. The molecule has 110 valence electrons. The second-order valence-corrected chi connectivity index (χ2v) is 5.57. The Balaban J connectivity index is 2.06. The molecule has 0 radical (unpaired) electrons. The maximum Gasteiger partial charge on any atom is 0.339 e. The average Bonchev–Trinajstić information content (AvgIpc) is 2.41. The predicted octanol–water partition coefficient (Wildman–Crippen LogP) is 1.55. The van der Waals surface area contributed by atoms with Crippen LogP contribution in [0.4, 0.5) is 5.82 Å². The molecule has 1 saturated heterocycles. The Kier molecular flexibility index (Phi) is 4.54. The first-order valence-corrected chi connectivity index (χ1v) is 6.98. The number of rotatable bonds is 4. The van der Waals surface area contributed by atoms with Gasteiger partial charge >= 0.3 is 5.97 Å². The number of likely N-dealkylation sites (tertiary alicyclic amines) is 1. The van der Waals surface area contributed by atoms with Gasteiger partial charge in [-0.05, 0) is 58.3 Å². The van der Waals surface area contributed by atoms with Crippen molar-refractivity contribution in [3.05, 3.63) is 16.8 Å². The Labute approximate surface area is 119 Å². The number of anilines is 1. The van der Waals surface area contributed by atoms with Gasteiger partial charge in [0.15, 0.2) is 5.82 Å². The maximum absolute atomic E-state index is 11.4. The van der Waals surface area contributed by atoms with E-state index in [1.807, 2.05) is 0 Å². The number of aryl methyl sites for hydroxylation is 1. The summed E-state index contributed by atoms with van der Waals surface area (Å²) in [5.74, 6) is 0.00200. The molecular formula is C14H22N4O2. The Hall–Kier alpha value is -1.69. The molecule has 0 bridgehead atoms. The first kappa shape index (κ1) is 14.7. The van der Waals surface area contributed by atoms with Gasteiger partial charge < -0.3 is 15.3 Å². The fourth-order valence-corrected chi connectivity index (χ4v) is 2.50. The zero-order valence-corrected chi connectivity index (χ0v) is 12.3. The number of carboxylic acids is 1. The molecular weight excluding hydrogens is 256 g/mol. The molecule has 2 heterocycles. The van der Waals surface area contributed by atoms with Crippen molar-refractivity contribution in [3.63, 3.8) is 0 Å². The van der Waals surface area contributed by atoms with Crippen molar-refractivity contribution in [1.82, 2.24) is 15.1 Å². The third-order valence-corrected chi connectivity index (χ3v) is 4.06. The predicted molar refractivity (Wildman–Crippen MR) is 77.2 cm³/mol. The van der Waals surface area contributed by atoms with Gasteiger partial charge in [0.05, 0.1) is 5.69 Å². The molecule has 0 unspecified atom stereocenters. The van der Waals surface area contributed by atoms with Crippen molar-refractivity contribution in [3.8, 4) is 0 Å². The van der Waals surface area contributed by atoms with Gasteiger partial charge in [-0.3, -0.25) is 0 Å². The van der Waals surface area contributed by atoms with E-state index in [9.17, 15) is 9.90 Å². The molecule has 1 fully saturated rings. The van der Waals surface area contributed by atoms with E-state index in [2.05, 4.69) is 27.5 Å². The van der Waals surface area contributed by atoms with Crippen LogP contribution in [0.5, 0.6) is 0 Å². The zero-order valence-electron chi connectivity index (χ0n) is 12.3. The standard InChI is InChI=1S/C14H22N4O2/c1-9-10(2)16-17-13(12(9)14(19)20)15-8-11-4-6-18(3)7-5-11/h11H,4-8H2,1-3H3,(H,15,17)(H,19,20). The first-order chi connectivity index (χ1) is 9.49. The van der Waals surface area contributed by atoms with Crippen molar-refractivity contribution >= 4 is 11.8 Å². The number of carboxylic acid groups (broad SMARTS) is 1. The Bertz CT molecular complexity index is 496. The van der Waals surface area contributed by atoms with Crippen LogP contribution in [-0.4, -0.2) is 52.9 Å². The number of carbonyl (C=O) groups is 1. The van der Waals surface area contributed by atoms with Crippen molar-refractivity contribution in [2.45, 2.75) is 26.7 Å². The minimum absolute atomic E-state index is 0.241. The summed E-state index contributed by atoms with van der Waals surface area (Å²) in [6.07, 6.45) is 2.26. The number of aromatic nitrogens is 2. The van der Waals surface area contributed by atoms with E-state index in [1.165, 1.54) is 0 Å². The number of hydrogen-bond donors (Lipinski definition) is 2. The number of piperidine rings is 1. The molecule has 1 aromatic rings. The van der Waals surface area contributed by atoms with Gasteiger partial charge in [0.2, 0.25) is 0 Å². The summed E-state index contributed by atoms with van der Waals surface area (Å²) >= 11 is 0. The molecule has 2 rings (SSSR count). The molecule has 2 N–H and O–H groups in total. The fraction of sp³-hybridized carbons (Fsp3) is 0.643. The summed E-state index contributed by atoms with van der Waals surface area (Å²) in [6.45, 7) is 6.49. The van der Waals surface area contributed by atoms with E-state index in [0.29, 0.717) is 23.0 Å². The van der Waals surface area contributed by atoms with Gasteiger partial charge in [0.25, 0.3) is 0 Å². The van der Waals surface area contributed by atoms with Crippen LogP contribution < -0.4 is 5.32 Å². The summed E-state index contributed by atoms with van der Waals surface area (Å²) in [4.78, 5) is 13.7. The quantitative estimate of drug-likeness (QED) is 0.870. The van der Waals surface area contributed by atoms with Crippen LogP contribution in [0, 0.1) is 19.8 Å². The molecule has 6 nitrogen and oxygen atoms in total. The second-order valence-electron chi connectivity index (χ2n) is 5.57. The van der Waals surface area contributed by atoms with Gasteiger partial charge in [-0.25, -0.2) is 4.79 Å². The fourth-order valence-electron chi connectivity index (χ4n) is 2.50. The van der Waals surface area contributed by atoms with E-state index in [1.54, 1.807) is 13.8 Å². The number of nitrogens with one attached hydrogen (secondary N) is 1. The number of nitrogens with zero attached hydrogens (tertiary/aromatic N) is 3. The van der Waals surface area contributed by atoms with Crippen LogP contribution >= 0.6 is 0 Å². The molecule has 1 aliphatic rings. The van der Waals surface area contributed by atoms with E-state index in [0.717, 1.165) is 32.5 Å². The molecule has 1 aliphatic heterocycles. The van der Waals surface area contributed by atoms with Crippen molar-refractivity contribution in [2.75, 3.05) is 32.0 Å². The number of aromatic carboxylic acids is 1. The van der Waals surface area contributed by atoms with Crippen LogP contribution in [0.15, 0.2) is 0 Å². The zero-order chi connectivity index (χ0) is 14.7. The Morgan fingerprint density at radius 2 is 2.00 bits per heavy atom. The van der Waals surface area contributed by atoms with Crippen LogP contribution in [0.3, 0.4) is 0 Å². The highest BCUT2D eigenvalue weighted by Crippen LogP contribution is 2.21. The van der Waals surface area contributed by atoms with Crippen LogP contribution in [0.1, 0.15) is 34.5 Å². The molecule has 0 amide bonds. The molecule has 0 saturated carbocycles. The molecule has 20 heavy (non-hydrogen) atoms. The molecule has 1 aromatic heterocycles. The van der Waals surface area contributed by atoms with Crippen LogP contribution in [-0.2, 0) is 0 Å². The molecule has 6 heteroatoms. The summed E-state index contributed by atoms with van der Waals surface area (Å²) < 4.78 is 0. The Morgan fingerprint density at radius 1 is 1.35 bits per heavy atom. The summed E-state index contributed by atoms with van der Waals surface area (Å²) in [5.41, 5.74) is 1.58. The van der Waals surface area contributed by atoms with Crippen LogP contribution in [0.25, 0.3) is 0 Å². The van der Waals surface area contributed by atoms with E-state index in [-0.39, 0.29) is 5.56 Å². The average molecular weight is 278 g/mol. The van der Waals surface area contributed by atoms with Crippen LogP contribution in [0.2, 0.25) is 0 Å². The van der Waals surface area contributed by atoms with E-state index in [4.69, 9.17) is 0 Å². The molecule has 0 aliphatic carbocycles. The lowest BCUT2D eigenvalue weighted by Crippen LogP contribution is -2.33. The van der Waals surface area contributed by atoms with Gasteiger partial charge in [0, 0.05) is 6.54 Å². The van der Waals surface area contributed by atoms with E-state index < -0.39 is 5.97 Å². The summed E-state index contributed by atoms with van der Waals surface area (Å²) in [7, 11) is 2.13. The monoisotopic (exact) mass is 278 g/mol. The lowest BCUT2D eigenvalue weighted by molar-refractivity contribution is 0.0696. The minimum atomic E-state index is -0.952. The van der Waals surface area contributed by atoms with Crippen molar-refractivity contribution in [1.29, 1.82) is 0 Å².